The fourth-order valence-electron chi connectivity index (χ4n) is 2.39. The Bertz CT molecular complexity index is 791. The van der Waals surface area contributed by atoms with E-state index in [-0.39, 0.29) is 18.4 Å². The summed E-state index contributed by atoms with van der Waals surface area (Å²) in [6.45, 7) is 5.04. The van der Waals surface area contributed by atoms with E-state index in [2.05, 4.69) is 5.32 Å². The zero-order chi connectivity index (χ0) is 17.9. The van der Waals surface area contributed by atoms with Crippen LogP contribution in [0.1, 0.15) is 18.1 Å². The van der Waals surface area contributed by atoms with E-state index in [4.69, 9.17) is 23.2 Å². The van der Waals surface area contributed by atoms with Crippen LogP contribution in [0.5, 0.6) is 0 Å². The molecule has 24 heavy (non-hydrogen) atoms. The highest BCUT2D eigenvalue weighted by molar-refractivity contribution is 6.31. The van der Waals surface area contributed by atoms with E-state index in [1.165, 1.54) is 11.8 Å². The Hall–Kier alpha value is -2.04. The number of anilines is 2. The van der Waals surface area contributed by atoms with Gasteiger partial charge in [0.15, 0.2) is 0 Å². The van der Waals surface area contributed by atoms with Crippen molar-refractivity contribution in [2.75, 3.05) is 16.8 Å². The number of nitrogens with zero attached hydrogens (tertiary/aromatic N) is 1. The Morgan fingerprint density at radius 1 is 1.00 bits per heavy atom. The first-order valence-corrected chi connectivity index (χ1v) is 8.14. The van der Waals surface area contributed by atoms with Gasteiger partial charge >= 0.3 is 0 Å². The third-order valence-corrected chi connectivity index (χ3v) is 4.06. The summed E-state index contributed by atoms with van der Waals surface area (Å²) in [4.78, 5) is 25.8. The van der Waals surface area contributed by atoms with E-state index in [1.54, 1.807) is 36.4 Å². The van der Waals surface area contributed by atoms with Gasteiger partial charge in [0.1, 0.15) is 6.54 Å². The Morgan fingerprint density at radius 2 is 1.58 bits per heavy atom. The molecular formula is C18H18Cl2N2O2. The molecule has 0 aliphatic rings. The second-order valence-corrected chi connectivity index (χ2v) is 6.42. The summed E-state index contributed by atoms with van der Waals surface area (Å²) in [6, 6.07) is 10.4. The van der Waals surface area contributed by atoms with Gasteiger partial charge in [-0.25, -0.2) is 0 Å². The first-order valence-electron chi connectivity index (χ1n) is 7.38. The molecule has 2 amide bonds. The molecular weight excluding hydrogens is 347 g/mol. The van der Waals surface area contributed by atoms with E-state index in [9.17, 15) is 9.59 Å². The summed E-state index contributed by atoms with van der Waals surface area (Å²) < 4.78 is 0. The number of halogens is 2. The number of aryl methyl sites for hydroxylation is 2. The predicted octanol–water partition coefficient (Wildman–Crippen LogP) is 4.60. The molecule has 0 saturated heterocycles. The van der Waals surface area contributed by atoms with Crippen LogP contribution in [-0.4, -0.2) is 18.4 Å². The van der Waals surface area contributed by atoms with Gasteiger partial charge in [-0.15, -0.1) is 0 Å². The third-order valence-electron chi connectivity index (χ3n) is 3.59. The van der Waals surface area contributed by atoms with Crippen molar-refractivity contribution in [1.29, 1.82) is 0 Å². The minimum absolute atomic E-state index is 0.0835. The topological polar surface area (TPSA) is 49.4 Å². The van der Waals surface area contributed by atoms with Crippen molar-refractivity contribution in [3.8, 4) is 0 Å². The molecule has 0 bridgehead atoms. The zero-order valence-corrected chi connectivity index (χ0v) is 15.2. The van der Waals surface area contributed by atoms with E-state index in [0.29, 0.717) is 21.4 Å². The molecule has 0 radical (unpaired) electrons. The Morgan fingerprint density at radius 3 is 2.12 bits per heavy atom. The molecule has 2 aromatic carbocycles. The molecule has 0 spiro atoms. The lowest BCUT2D eigenvalue weighted by molar-refractivity contribution is -0.120. The van der Waals surface area contributed by atoms with Crippen molar-refractivity contribution in [3.63, 3.8) is 0 Å². The Balaban J connectivity index is 2.18. The summed E-state index contributed by atoms with van der Waals surface area (Å²) in [5.74, 6) is -0.506. The first kappa shape index (κ1) is 18.3. The van der Waals surface area contributed by atoms with E-state index < -0.39 is 0 Å². The van der Waals surface area contributed by atoms with E-state index in [0.717, 1.165) is 11.1 Å². The molecule has 0 aliphatic carbocycles. The highest BCUT2D eigenvalue weighted by Gasteiger charge is 2.18. The minimum atomic E-state index is -0.287. The lowest BCUT2D eigenvalue weighted by atomic mass is 10.1. The van der Waals surface area contributed by atoms with Crippen LogP contribution in [0.2, 0.25) is 10.0 Å². The van der Waals surface area contributed by atoms with Crippen LogP contribution in [0.4, 0.5) is 11.4 Å². The summed E-state index contributed by atoms with van der Waals surface area (Å²) in [7, 11) is 0. The van der Waals surface area contributed by atoms with E-state index in [1.807, 2.05) is 13.8 Å². The van der Waals surface area contributed by atoms with Crippen molar-refractivity contribution in [1.82, 2.24) is 0 Å². The number of amides is 2. The smallest absolute Gasteiger partial charge is 0.244 e. The third kappa shape index (κ3) is 4.49. The van der Waals surface area contributed by atoms with Crippen LogP contribution in [-0.2, 0) is 9.59 Å². The fraction of sp³-hybridized carbons (Fsp3) is 0.222. The van der Waals surface area contributed by atoms with Gasteiger partial charge in [0.05, 0.1) is 0 Å². The molecule has 2 aromatic rings. The Kier molecular flexibility index (Phi) is 5.86. The molecule has 0 saturated carbocycles. The van der Waals surface area contributed by atoms with Gasteiger partial charge in [0.25, 0.3) is 0 Å². The van der Waals surface area contributed by atoms with Gasteiger partial charge in [0.2, 0.25) is 11.8 Å². The highest BCUT2D eigenvalue weighted by atomic mass is 35.5. The lowest BCUT2D eigenvalue weighted by Crippen LogP contribution is -2.37. The Labute approximate surface area is 151 Å². The van der Waals surface area contributed by atoms with Gasteiger partial charge in [-0.05, 0) is 61.4 Å². The predicted molar refractivity (Wildman–Crippen MR) is 99.0 cm³/mol. The lowest BCUT2D eigenvalue weighted by Gasteiger charge is -2.23. The number of hydrogen-bond acceptors (Lipinski definition) is 2. The van der Waals surface area contributed by atoms with Crippen molar-refractivity contribution in [2.45, 2.75) is 20.8 Å². The number of carbonyl (C=O) groups is 2. The summed E-state index contributed by atoms with van der Waals surface area (Å²) in [6.07, 6.45) is 0. The average molecular weight is 365 g/mol. The molecule has 0 heterocycles. The van der Waals surface area contributed by atoms with Gasteiger partial charge in [-0.3, -0.25) is 9.59 Å². The fourth-order valence-corrected chi connectivity index (χ4v) is 2.84. The molecule has 0 fully saturated rings. The van der Waals surface area contributed by atoms with Crippen LogP contribution >= 0.6 is 23.2 Å². The molecule has 0 aliphatic heterocycles. The molecule has 6 heteroatoms. The summed E-state index contributed by atoms with van der Waals surface area (Å²) >= 11 is 11.9. The van der Waals surface area contributed by atoms with Crippen molar-refractivity contribution >= 4 is 46.4 Å². The monoisotopic (exact) mass is 364 g/mol. The SMILES string of the molecule is CC(=O)N(CC(=O)Nc1ccc(Cl)cc1C)c1ccc(Cl)cc1C. The maximum atomic E-state index is 12.4. The molecule has 1 N–H and O–H groups in total. The molecule has 0 atom stereocenters. The van der Waals surface area contributed by atoms with E-state index >= 15 is 0 Å². The minimum Gasteiger partial charge on any atom is -0.324 e. The van der Waals surface area contributed by atoms with Crippen LogP contribution in [0.3, 0.4) is 0 Å². The zero-order valence-electron chi connectivity index (χ0n) is 13.7. The molecule has 0 aromatic heterocycles. The number of benzene rings is 2. The molecule has 2 rings (SSSR count). The van der Waals surface area contributed by atoms with Crippen LogP contribution in [0, 0.1) is 13.8 Å². The molecule has 0 unspecified atom stereocenters. The number of carbonyl (C=O) groups excluding carboxylic acids is 2. The number of hydrogen-bond donors (Lipinski definition) is 1. The first-order chi connectivity index (χ1) is 11.3. The van der Waals surface area contributed by atoms with Crippen molar-refractivity contribution < 1.29 is 9.59 Å². The normalized spacial score (nSPS) is 10.4. The van der Waals surface area contributed by atoms with Crippen LogP contribution in [0.25, 0.3) is 0 Å². The summed E-state index contributed by atoms with van der Waals surface area (Å²) in [5.41, 5.74) is 3.01. The highest BCUT2D eigenvalue weighted by Crippen LogP contribution is 2.24. The summed E-state index contributed by atoms with van der Waals surface area (Å²) in [5, 5.41) is 3.99. The van der Waals surface area contributed by atoms with Crippen LogP contribution < -0.4 is 10.2 Å². The van der Waals surface area contributed by atoms with Crippen molar-refractivity contribution in [3.05, 3.63) is 57.6 Å². The number of nitrogens with one attached hydrogen (secondary N) is 1. The van der Waals surface area contributed by atoms with Gasteiger partial charge in [-0.1, -0.05) is 23.2 Å². The van der Waals surface area contributed by atoms with Gasteiger partial charge in [0, 0.05) is 28.3 Å². The van der Waals surface area contributed by atoms with Gasteiger partial charge in [-0.2, -0.15) is 0 Å². The van der Waals surface area contributed by atoms with Crippen LogP contribution in [0.15, 0.2) is 36.4 Å². The number of rotatable bonds is 4. The molecule has 126 valence electrons. The van der Waals surface area contributed by atoms with Crippen molar-refractivity contribution in [2.24, 2.45) is 0 Å². The quantitative estimate of drug-likeness (QED) is 0.861. The maximum absolute atomic E-state index is 12.4. The second-order valence-electron chi connectivity index (χ2n) is 5.54. The standard InChI is InChI=1S/C18H18Cl2N2O2/c1-11-8-14(19)4-6-16(11)21-18(24)10-22(13(3)23)17-7-5-15(20)9-12(17)2/h4-9H,10H2,1-3H3,(H,21,24). The second kappa shape index (κ2) is 7.69. The average Bonchev–Trinajstić information content (AvgIpc) is 2.48. The maximum Gasteiger partial charge on any atom is 0.244 e. The molecule has 4 nitrogen and oxygen atoms in total. The largest absolute Gasteiger partial charge is 0.324 e. The van der Waals surface area contributed by atoms with Gasteiger partial charge < -0.3 is 10.2 Å².